The Morgan fingerprint density at radius 3 is 2.62 bits per heavy atom. The number of carboxylic acid groups (broad SMARTS) is 1. The molecule has 0 bridgehead atoms. The Kier molecular flexibility index (Phi) is 5.51. The van der Waals surface area contributed by atoms with Crippen LogP contribution < -0.4 is 0 Å². The average Bonchev–Trinajstić information content (AvgIpc) is 3.20. The quantitative estimate of drug-likeness (QED) is 0.577. The Hall–Kier alpha value is -3.24. The molecule has 168 valence electrons. The zero-order valence-corrected chi connectivity index (χ0v) is 18.2. The van der Waals surface area contributed by atoms with Gasteiger partial charge in [-0.05, 0) is 55.3 Å². The van der Waals surface area contributed by atoms with Crippen molar-refractivity contribution in [2.45, 2.75) is 31.2 Å². The lowest BCUT2D eigenvalue weighted by molar-refractivity contribution is -0.143. The number of nitrogens with zero attached hydrogens (tertiary/aromatic N) is 2. The second kappa shape index (κ2) is 8.03. The summed E-state index contributed by atoms with van der Waals surface area (Å²) in [5.41, 5.74) is 1.89. The van der Waals surface area contributed by atoms with Gasteiger partial charge in [0.15, 0.2) is 0 Å². The fraction of sp³-hybridized carbons (Fsp3) is 0.273. The molecule has 0 radical (unpaired) electrons. The van der Waals surface area contributed by atoms with E-state index in [0.717, 1.165) is 10.6 Å². The van der Waals surface area contributed by atoms with Crippen LogP contribution in [0.3, 0.4) is 0 Å². The van der Waals surface area contributed by atoms with Gasteiger partial charge in [0.2, 0.25) is 10.0 Å². The summed E-state index contributed by atoms with van der Waals surface area (Å²) >= 11 is 0. The highest BCUT2D eigenvalue weighted by Gasteiger charge is 2.40. The van der Waals surface area contributed by atoms with Gasteiger partial charge in [-0.2, -0.15) is 4.31 Å². The van der Waals surface area contributed by atoms with Crippen LogP contribution in [0.15, 0.2) is 47.5 Å². The van der Waals surface area contributed by atoms with Crippen LogP contribution >= 0.6 is 0 Å². The van der Waals surface area contributed by atoms with Crippen LogP contribution in [-0.4, -0.2) is 47.6 Å². The van der Waals surface area contributed by atoms with Crippen molar-refractivity contribution in [3.63, 3.8) is 0 Å². The molecule has 2 aromatic carbocycles. The molecule has 1 atom stereocenters. The lowest BCUT2D eigenvalue weighted by atomic mass is 9.99. The van der Waals surface area contributed by atoms with Crippen molar-refractivity contribution in [2.24, 2.45) is 0 Å². The Bertz CT molecular complexity index is 1350. The maximum Gasteiger partial charge on any atom is 0.416 e. The molecule has 0 aliphatic carbocycles. The first-order chi connectivity index (χ1) is 15.1. The number of hydrogen-bond donors (Lipinski definition) is 1. The van der Waals surface area contributed by atoms with Gasteiger partial charge in [0, 0.05) is 29.7 Å². The van der Waals surface area contributed by atoms with Crippen molar-refractivity contribution < 1.29 is 32.2 Å². The van der Waals surface area contributed by atoms with Crippen LogP contribution in [0.4, 0.5) is 9.18 Å². The molecule has 1 aliphatic heterocycles. The van der Waals surface area contributed by atoms with Gasteiger partial charge in [-0.3, -0.25) is 9.36 Å². The van der Waals surface area contributed by atoms with Crippen LogP contribution in [0, 0.1) is 5.82 Å². The highest BCUT2D eigenvalue weighted by molar-refractivity contribution is 7.89. The molecule has 0 saturated carbocycles. The smallest absolute Gasteiger partial charge is 0.416 e. The van der Waals surface area contributed by atoms with E-state index in [1.165, 1.54) is 28.7 Å². The molecule has 0 fully saturated rings. The van der Waals surface area contributed by atoms with Gasteiger partial charge in [0.1, 0.15) is 5.82 Å². The normalized spacial score (nSPS) is 17.4. The number of carbonyl (C=O) groups is 2. The van der Waals surface area contributed by atoms with Crippen molar-refractivity contribution in [3.8, 4) is 11.1 Å². The third kappa shape index (κ3) is 3.55. The van der Waals surface area contributed by atoms with Crippen LogP contribution in [0.1, 0.15) is 31.9 Å². The van der Waals surface area contributed by atoms with Gasteiger partial charge < -0.3 is 9.84 Å². The number of hydrogen-bond acceptors (Lipinski definition) is 5. The standard InChI is InChI=1S/C22H21FN2O6S/c1-3-31-21(26)8-9-25-13(2)17-10-14(4-7-20(17)32(25,29)30)18-12-24(22(27)28)19-11-15(23)5-6-16(18)19/h4-7,10-13H,3,8-9H2,1-2H3,(H,27,28). The molecule has 1 aromatic heterocycles. The molecule has 0 spiro atoms. The predicted octanol–water partition coefficient (Wildman–Crippen LogP) is 3.99. The minimum atomic E-state index is -3.78. The Labute approximate surface area is 183 Å². The molecular formula is C22H21FN2O6S. The van der Waals surface area contributed by atoms with Gasteiger partial charge in [-0.1, -0.05) is 6.07 Å². The Balaban J connectivity index is 1.76. The van der Waals surface area contributed by atoms with Crippen molar-refractivity contribution in [3.05, 3.63) is 54.0 Å². The summed E-state index contributed by atoms with van der Waals surface area (Å²) in [4.78, 5) is 23.5. The van der Waals surface area contributed by atoms with E-state index in [0.29, 0.717) is 22.1 Å². The number of aromatic nitrogens is 1. The first-order valence-electron chi connectivity index (χ1n) is 10.0. The molecule has 1 N–H and O–H groups in total. The fourth-order valence-electron chi connectivity index (χ4n) is 4.10. The molecule has 2 heterocycles. The number of sulfonamides is 1. The van der Waals surface area contributed by atoms with E-state index in [2.05, 4.69) is 0 Å². The summed E-state index contributed by atoms with van der Waals surface area (Å²) in [6, 6.07) is 8.15. The fourth-order valence-corrected chi connectivity index (χ4v) is 5.99. The van der Waals surface area contributed by atoms with E-state index in [1.54, 1.807) is 26.0 Å². The minimum absolute atomic E-state index is 0.00997. The number of ether oxygens (including phenoxy) is 1. The first kappa shape index (κ1) is 22.0. The van der Waals surface area contributed by atoms with Crippen molar-refractivity contribution in [2.75, 3.05) is 13.2 Å². The maximum atomic E-state index is 13.7. The minimum Gasteiger partial charge on any atom is -0.466 e. The van der Waals surface area contributed by atoms with E-state index < -0.39 is 33.9 Å². The molecule has 32 heavy (non-hydrogen) atoms. The summed E-state index contributed by atoms with van der Waals surface area (Å²) in [7, 11) is -3.78. The molecular weight excluding hydrogens is 439 g/mol. The average molecular weight is 460 g/mol. The summed E-state index contributed by atoms with van der Waals surface area (Å²) in [5.74, 6) is -1.03. The van der Waals surface area contributed by atoms with E-state index in [-0.39, 0.29) is 30.0 Å². The third-order valence-electron chi connectivity index (χ3n) is 5.60. The van der Waals surface area contributed by atoms with E-state index in [1.807, 2.05) is 0 Å². The highest BCUT2D eigenvalue weighted by atomic mass is 32.2. The summed E-state index contributed by atoms with van der Waals surface area (Å²) in [6.07, 6.45) is 0.0746. The zero-order valence-electron chi connectivity index (χ0n) is 17.4. The highest BCUT2D eigenvalue weighted by Crippen LogP contribution is 2.42. The maximum absolute atomic E-state index is 13.7. The molecule has 0 amide bonds. The summed E-state index contributed by atoms with van der Waals surface area (Å²) in [5, 5.41) is 10.0. The van der Waals surface area contributed by atoms with E-state index in [4.69, 9.17) is 4.74 Å². The van der Waals surface area contributed by atoms with Crippen LogP contribution in [0.25, 0.3) is 22.0 Å². The lowest BCUT2D eigenvalue weighted by Gasteiger charge is -2.19. The van der Waals surface area contributed by atoms with Crippen LogP contribution in [-0.2, 0) is 19.6 Å². The van der Waals surface area contributed by atoms with Crippen LogP contribution in [0.2, 0.25) is 0 Å². The third-order valence-corrected chi connectivity index (χ3v) is 7.65. The predicted molar refractivity (Wildman–Crippen MR) is 114 cm³/mol. The molecule has 0 saturated heterocycles. The van der Waals surface area contributed by atoms with Gasteiger partial charge in [0.05, 0.1) is 23.4 Å². The number of halogens is 1. The summed E-state index contributed by atoms with van der Waals surface area (Å²) in [6.45, 7) is 3.62. The van der Waals surface area contributed by atoms with Crippen molar-refractivity contribution in [1.29, 1.82) is 0 Å². The van der Waals surface area contributed by atoms with Gasteiger partial charge >= 0.3 is 12.1 Å². The Morgan fingerprint density at radius 1 is 1.19 bits per heavy atom. The number of fused-ring (bicyclic) bond motifs is 2. The molecule has 3 aromatic rings. The lowest BCUT2D eigenvalue weighted by Crippen LogP contribution is -2.29. The van der Waals surface area contributed by atoms with E-state index in [9.17, 15) is 27.5 Å². The topological polar surface area (TPSA) is 106 Å². The van der Waals surface area contributed by atoms with E-state index >= 15 is 0 Å². The largest absolute Gasteiger partial charge is 0.466 e. The Morgan fingerprint density at radius 2 is 1.94 bits per heavy atom. The van der Waals surface area contributed by atoms with Gasteiger partial charge in [-0.15, -0.1) is 0 Å². The summed E-state index contributed by atoms with van der Waals surface area (Å²) < 4.78 is 46.8. The number of benzene rings is 2. The molecule has 1 aliphatic rings. The second-order valence-electron chi connectivity index (χ2n) is 7.46. The first-order valence-corrected chi connectivity index (χ1v) is 11.4. The molecule has 10 heteroatoms. The molecule has 4 rings (SSSR count). The number of rotatable bonds is 5. The van der Waals surface area contributed by atoms with Crippen molar-refractivity contribution >= 4 is 33.0 Å². The monoisotopic (exact) mass is 460 g/mol. The van der Waals surface area contributed by atoms with Gasteiger partial charge in [-0.25, -0.2) is 17.6 Å². The second-order valence-corrected chi connectivity index (χ2v) is 9.32. The van der Waals surface area contributed by atoms with Gasteiger partial charge in [0.25, 0.3) is 0 Å². The van der Waals surface area contributed by atoms with Crippen LogP contribution in [0.5, 0.6) is 0 Å². The van der Waals surface area contributed by atoms with Crippen molar-refractivity contribution in [1.82, 2.24) is 8.87 Å². The SMILES string of the molecule is CCOC(=O)CCN1C(C)c2cc(-c3cn(C(=O)O)c4cc(F)ccc34)ccc2S1(=O)=O. The molecule has 1 unspecified atom stereocenters. The number of carbonyl (C=O) groups excluding carboxylic acids is 1. The number of esters is 1. The zero-order chi connectivity index (χ0) is 23.2. The molecule has 8 nitrogen and oxygen atoms in total.